The molecule has 2 nitrogen and oxygen atoms in total. The van der Waals surface area contributed by atoms with E-state index in [-0.39, 0.29) is 0 Å². The lowest BCUT2D eigenvalue weighted by Crippen LogP contribution is -2.63. The number of hydrogen-bond acceptors (Lipinski definition) is 2. The lowest BCUT2D eigenvalue weighted by atomic mass is 9.55. The van der Waals surface area contributed by atoms with E-state index in [1.54, 1.807) is 0 Å². The van der Waals surface area contributed by atoms with Gasteiger partial charge in [-0.1, -0.05) is 49.6 Å². The first-order valence-corrected chi connectivity index (χ1v) is 7.68. The molecule has 1 spiro atoms. The molecule has 1 aromatic rings. The zero-order chi connectivity index (χ0) is 13.1. The number of ether oxygens (including phenoxy) is 1. The second-order valence-electron chi connectivity index (χ2n) is 6.16. The molecule has 0 bridgehead atoms. The molecule has 2 atom stereocenters. The van der Waals surface area contributed by atoms with Crippen LogP contribution in [-0.4, -0.2) is 19.2 Å². The number of benzene rings is 1. The van der Waals surface area contributed by atoms with E-state index in [0.717, 1.165) is 6.61 Å². The Morgan fingerprint density at radius 2 is 1.89 bits per heavy atom. The second-order valence-corrected chi connectivity index (χ2v) is 6.16. The molecule has 2 saturated carbocycles. The molecule has 0 aliphatic heterocycles. The molecule has 1 N–H and O–H groups in total. The van der Waals surface area contributed by atoms with Crippen molar-refractivity contribution in [2.45, 2.75) is 57.3 Å². The van der Waals surface area contributed by atoms with Crippen LogP contribution in [0, 0.1) is 5.41 Å². The van der Waals surface area contributed by atoms with Crippen molar-refractivity contribution >= 4 is 0 Å². The zero-order valence-corrected chi connectivity index (χ0v) is 11.9. The van der Waals surface area contributed by atoms with Crippen molar-refractivity contribution in [1.29, 1.82) is 0 Å². The molecule has 0 amide bonds. The Morgan fingerprint density at radius 3 is 2.58 bits per heavy atom. The SMILES string of the molecule is CNC1CC(OCc2ccccc2)C12CCCCC2. The molecule has 2 aliphatic rings. The van der Waals surface area contributed by atoms with Crippen molar-refractivity contribution in [3.05, 3.63) is 35.9 Å². The summed E-state index contributed by atoms with van der Waals surface area (Å²) in [7, 11) is 2.11. The van der Waals surface area contributed by atoms with Crippen LogP contribution >= 0.6 is 0 Å². The Morgan fingerprint density at radius 1 is 1.16 bits per heavy atom. The quantitative estimate of drug-likeness (QED) is 0.893. The number of rotatable bonds is 4. The van der Waals surface area contributed by atoms with Crippen LogP contribution in [0.2, 0.25) is 0 Å². The standard InChI is InChI=1S/C17H25NO/c1-18-15-12-16(17(15)10-6-3-7-11-17)19-13-14-8-4-2-5-9-14/h2,4-5,8-9,15-16,18H,3,6-7,10-13H2,1H3. The molecule has 2 aliphatic carbocycles. The minimum absolute atomic E-state index is 0.432. The lowest BCUT2D eigenvalue weighted by Gasteiger charge is -2.57. The van der Waals surface area contributed by atoms with Gasteiger partial charge in [-0.05, 0) is 31.9 Å². The van der Waals surface area contributed by atoms with Crippen molar-refractivity contribution < 1.29 is 4.74 Å². The van der Waals surface area contributed by atoms with Gasteiger partial charge >= 0.3 is 0 Å². The maximum Gasteiger partial charge on any atom is 0.0720 e. The van der Waals surface area contributed by atoms with Crippen LogP contribution in [-0.2, 0) is 11.3 Å². The topological polar surface area (TPSA) is 21.3 Å². The van der Waals surface area contributed by atoms with Crippen LogP contribution in [0.5, 0.6) is 0 Å². The van der Waals surface area contributed by atoms with Crippen molar-refractivity contribution in [3.8, 4) is 0 Å². The summed E-state index contributed by atoms with van der Waals surface area (Å²) < 4.78 is 6.25. The molecule has 2 heteroatoms. The van der Waals surface area contributed by atoms with Crippen LogP contribution in [0.1, 0.15) is 44.1 Å². The first kappa shape index (κ1) is 13.1. The van der Waals surface area contributed by atoms with Crippen LogP contribution in [0.4, 0.5) is 0 Å². The normalized spacial score (nSPS) is 29.1. The molecule has 2 fully saturated rings. The predicted molar refractivity (Wildman–Crippen MR) is 78.0 cm³/mol. The van der Waals surface area contributed by atoms with Gasteiger partial charge in [-0.2, -0.15) is 0 Å². The Bertz CT molecular complexity index is 397. The summed E-state index contributed by atoms with van der Waals surface area (Å²) in [6, 6.07) is 11.2. The van der Waals surface area contributed by atoms with Gasteiger partial charge in [0.05, 0.1) is 12.7 Å². The molecule has 0 heterocycles. The van der Waals surface area contributed by atoms with Gasteiger partial charge in [0.15, 0.2) is 0 Å². The molecule has 0 radical (unpaired) electrons. The maximum absolute atomic E-state index is 6.25. The monoisotopic (exact) mass is 259 g/mol. The van der Waals surface area contributed by atoms with Gasteiger partial charge in [-0.15, -0.1) is 0 Å². The summed E-state index contributed by atoms with van der Waals surface area (Å²) in [5.74, 6) is 0. The zero-order valence-electron chi connectivity index (χ0n) is 11.9. The summed E-state index contributed by atoms with van der Waals surface area (Å²) in [5, 5.41) is 3.51. The molecule has 3 rings (SSSR count). The van der Waals surface area contributed by atoms with E-state index >= 15 is 0 Å². The van der Waals surface area contributed by atoms with Gasteiger partial charge in [0, 0.05) is 11.5 Å². The predicted octanol–water partition coefficient (Wildman–Crippen LogP) is 3.51. The first-order chi connectivity index (χ1) is 9.35. The van der Waals surface area contributed by atoms with Crippen LogP contribution in [0.3, 0.4) is 0 Å². The smallest absolute Gasteiger partial charge is 0.0720 e. The third-order valence-electron chi connectivity index (χ3n) is 5.21. The number of hydrogen-bond donors (Lipinski definition) is 1. The van der Waals surface area contributed by atoms with Crippen molar-refractivity contribution in [1.82, 2.24) is 5.32 Å². The molecule has 104 valence electrons. The largest absolute Gasteiger partial charge is 0.373 e. The van der Waals surface area contributed by atoms with E-state index in [1.165, 1.54) is 44.1 Å². The molecule has 19 heavy (non-hydrogen) atoms. The molecule has 0 saturated heterocycles. The summed E-state index contributed by atoms with van der Waals surface area (Å²) in [6.45, 7) is 0.768. The van der Waals surface area contributed by atoms with Gasteiger partial charge in [-0.25, -0.2) is 0 Å². The van der Waals surface area contributed by atoms with Crippen molar-refractivity contribution in [2.75, 3.05) is 7.05 Å². The van der Waals surface area contributed by atoms with Crippen LogP contribution in [0.15, 0.2) is 30.3 Å². The summed E-state index contributed by atoms with van der Waals surface area (Å²) in [6.07, 6.45) is 8.50. The lowest BCUT2D eigenvalue weighted by molar-refractivity contribution is -0.157. The highest BCUT2D eigenvalue weighted by atomic mass is 16.5. The summed E-state index contributed by atoms with van der Waals surface area (Å²) in [4.78, 5) is 0. The maximum atomic E-state index is 6.25. The summed E-state index contributed by atoms with van der Waals surface area (Å²) in [5.41, 5.74) is 1.73. The fourth-order valence-corrected chi connectivity index (χ4v) is 4.04. The Kier molecular flexibility index (Phi) is 3.90. The average molecular weight is 259 g/mol. The Hall–Kier alpha value is -0.860. The van der Waals surface area contributed by atoms with E-state index in [0.29, 0.717) is 17.6 Å². The van der Waals surface area contributed by atoms with Crippen LogP contribution in [0.25, 0.3) is 0 Å². The molecule has 0 aromatic heterocycles. The summed E-state index contributed by atoms with van der Waals surface area (Å²) >= 11 is 0. The Balaban J connectivity index is 1.61. The van der Waals surface area contributed by atoms with E-state index in [4.69, 9.17) is 4.74 Å². The van der Waals surface area contributed by atoms with Gasteiger partial charge < -0.3 is 10.1 Å². The molecular formula is C17H25NO. The van der Waals surface area contributed by atoms with Crippen LogP contribution < -0.4 is 5.32 Å². The van der Waals surface area contributed by atoms with Crippen molar-refractivity contribution in [3.63, 3.8) is 0 Å². The van der Waals surface area contributed by atoms with E-state index in [1.807, 2.05) is 0 Å². The van der Waals surface area contributed by atoms with Gasteiger partial charge in [0.2, 0.25) is 0 Å². The van der Waals surface area contributed by atoms with E-state index in [9.17, 15) is 0 Å². The minimum atomic E-state index is 0.432. The Labute approximate surface area is 116 Å². The van der Waals surface area contributed by atoms with Gasteiger partial charge in [0.25, 0.3) is 0 Å². The highest BCUT2D eigenvalue weighted by Crippen LogP contribution is 2.53. The highest BCUT2D eigenvalue weighted by Gasteiger charge is 2.54. The third kappa shape index (κ3) is 2.44. The van der Waals surface area contributed by atoms with Gasteiger partial charge in [0.1, 0.15) is 0 Å². The highest BCUT2D eigenvalue weighted by molar-refractivity contribution is 5.14. The number of nitrogens with one attached hydrogen (secondary N) is 1. The van der Waals surface area contributed by atoms with Gasteiger partial charge in [-0.3, -0.25) is 0 Å². The van der Waals surface area contributed by atoms with E-state index in [2.05, 4.69) is 42.7 Å². The fraction of sp³-hybridized carbons (Fsp3) is 0.647. The average Bonchev–Trinajstić information content (AvgIpc) is 2.48. The third-order valence-corrected chi connectivity index (χ3v) is 5.21. The fourth-order valence-electron chi connectivity index (χ4n) is 4.04. The minimum Gasteiger partial charge on any atom is -0.373 e. The molecular weight excluding hydrogens is 234 g/mol. The molecule has 2 unspecified atom stereocenters. The van der Waals surface area contributed by atoms with Crippen molar-refractivity contribution in [2.24, 2.45) is 5.41 Å². The van der Waals surface area contributed by atoms with E-state index < -0.39 is 0 Å². The second kappa shape index (κ2) is 5.64. The molecule has 1 aromatic carbocycles. The first-order valence-electron chi connectivity index (χ1n) is 7.68.